The van der Waals surface area contributed by atoms with Gasteiger partial charge in [0.25, 0.3) is 5.91 Å². The molecule has 0 radical (unpaired) electrons. The molecule has 3 N–H and O–H groups in total. The molecule has 1 aromatic heterocycles. The number of amides is 1. The number of β-amino-alcohol motifs (C(OH)–C–C–N with tert-alkyl or cyclic N) is 1. The number of aromatic nitrogens is 2. The molecule has 0 fully saturated rings. The molecule has 1 aliphatic heterocycles. The van der Waals surface area contributed by atoms with Gasteiger partial charge in [0.1, 0.15) is 22.9 Å². The predicted octanol–water partition coefficient (Wildman–Crippen LogP) is 3.68. The van der Waals surface area contributed by atoms with Crippen molar-refractivity contribution in [2.75, 3.05) is 19.8 Å². The molecule has 1 unspecified atom stereocenters. The van der Waals surface area contributed by atoms with Crippen LogP contribution in [0.4, 0.5) is 0 Å². The molecule has 0 aliphatic carbocycles. The van der Waals surface area contributed by atoms with E-state index in [1.54, 1.807) is 24.0 Å². The largest absolute Gasteiger partial charge is 0.507 e. The van der Waals surface area contributed by atoms with E-state index in [0.29, 0.717) is 34.1 Å². The van der Waals surface area contributed by atoms with Crippen LogP contribution in [0.15, 0.2) is 36.4 Å². The summed E-state index contributed by atoms with van der Waals surface area (Å²) in [4.78, 5) is 14.6. The van der Waals surface area contributed by atoms with Crippen LogP contribution >= 0.6 is 11.6 Å². The normalized spacial score (nSPS) is 15.5. The van der Waals surface area contributed by atoms with Crippen molar-refractivity contribution >= 4 is 17.5 Å². The summed E-state index contributed by atoms with van der Waals surface area (Å²) in [7, 11) is 0. The van der Waals surface area contributed by atoms with E-state index >= 15 is 0 Å². The van der Waals surface area contributed by atoms with Crippen molar-refractivity contribution in [1.82, 2.24) is 15.1 Å². The molecule has 4 rings (SSSR count). The summed E-state index contributed by atoms with van der Waals surface area (Å²) >= 11 is 6.29. The van der Waals surface area contributed by atoms with Crippen LogP contribution in [0.3, 0.4) is 0 Å². The second-order valence-electron chi connectivity index (χ2n) is 7.11. The highest BCUT2D eigenvalue weighted by atomic mass is 35.5. The molecule has 1 atom stereocenters. The Hall–Kier alpha value is -3.03. The molecule has 0 spiro atoms. The topological polar surface area (TPSA) is 98.7 Å². The number of nitrogens with one attached hydrogen (secondary N) is 1. The first kappa shape index (κ1) is 20.3. The fourth-order valence-corrected chi connectivity index (χ4v) is 4.02. The van der Waals surface area contributed by atoms with E-state index in [2.05, 4.69) is 10.2 Å². The number of carbonyl (C=O) groups is 1. The van der Waals surface area contributed by atoms with Crippen molar-refractivity contribution in [2.24, 2.45) is 0 Å². The van der Waals surface area contributed by atoms with Crippen molar-refractivity contribution in [3.05, 3.63) is 63.8 Å². The summed E-state index contributed by atoms with van der Waals surface area (Å²) in [5, 5.41) is 27.7. The Morgan fingerprint density at radius 3 is 2.67 bits per heavy atom. The van der Waals surface area contributed by atoms with Gasteiger partial charge in [-0.05, 0) is 49.2 Å². The summed E-state index contributed by atoms with van der Waals surface area (Å²) in [5.74, 6) is 0.508. The van der Waals surface area contributed by atoms with Gasteiger partial charge in [0.15, 0.2) is 0 Å². The number of carbonyl (C=O) groups excluding carboxylic acids is 1. The fraction of sp³-hybridized carbons (Fsp3) is 0.273. The van der Waals surface area contributed by atoms with Crippen LogP contribution in [-0.4, -0.2) is 51.0 Å². The number of nitrogens with zero attached hydrogens (tertiary/aromatic N) is 2. The number of hydrogen-bond acceptors (Lipinski definition) is 5. The smallest absolute Gasteiger partial charge is 0.273 e. The monoisotopic (exact) mass is 427 g/mol. The second-order valence-corrected chi connectivity index (χ2v) is 7.51. The molecule has 30 heavy (non-hydrogen) atoms. The molecule has 0 saturated heterocycles. The third-order valence-corrected chi connectivity index (χ3v) is 5.65. The quantitative estimate of drug-likeness (QED) is 0.557. The maximum atomic E-state index is 13.0. The fourth-order valence-electron chi connectivity index (χ4n) is 3.86. The van der Waals surface area contributed by atoms with Crippen molar-refractivity contribution in [3.63, 3.8) is 0 Å². The average molecular weight is 428 g/mol. The lowest BCUT2D eigenvalue weighted by Crippen LogP contribution is -2.32. The number of phenolic OH excluding ortho intramolecular Hbond substituents is 1. The van der Waals surface area contributed by atoms with E-state index in [1.165, 1.54) is 0 Å². The summed E-state index contributed by atoms with van der Waals surface area (Å²) in [6.45, 7) is 4.26. The first-order valence-corrected chi connectivity index (χ1v) is 10.1. The Balaban J connectivity index is 1.87. The van der Waals surface area contributed by atoms with Gasteiger partial charge in [-0.25, -0.2) is 0 Å². The van der Waals surface area contributed by atoms with E-state index in [1.807, 2.05) is 31.2 Å². The van der Waals surface area contributed by atoms with Gasteiger partial charge in [0.2, 0.25) is 0 Å². The lowest BCUT2D eigenvalue weighted by Gasteiger charge is -2.26. The maximum Gasteiger partial charge on any atom is 0.273 e. The molecule has 7 nitrogen and oxygen atoms in total. The third-order valence-electron chi connectivity index (χ3n) is 5.24. The molecule has 156 valence electrons. The van der Waals surface area contributed by atoms with Crippen LogP contribution in [0.25, 0.3) is 11.3 Å². The van der Waals surface area contributed by atoms with Gasteiger partial charge < -0.3 is 19.8 Å². The summed E-state index contributed by atoms with van der Waals surface area (Å²) in [6.07, 6.45) is 0. The molecular formula is C22H22ClN3O4. The van der Waals surface area contributed by atoms with Gasteiger partial charge in [-0.3, -0.25) is 9.89 Å². The highest BCUT2D eigenvalue weighted by molar-refractivity contribution is 6.31. The van der Waals surface area contributed by atoms with E-state index in [-0.39, 0.29) is 24.8 Å². The first-order chi connectivity index (χ1) is 14.5. The zero-order valence-electron chi connectivity index (χ0n) is 16.6. The number of phenols is 1. The number of aromatic hydroxyl groups is 1. The number of aliphatic hydroxyl groups excluding tert-OH is 1. The van der Waals surface area contributed by atoms with E-state index < -0.39 is 6.04 Å². The van der Waals surface area contributed by atoms with Crippen LogP contribution in [0.2, 0.25) is 5.02 Å². The van der Waals surface area contributed by atoms with E-state index in [4.69, 9.17) is 16.3 Å². The minimum absolute atomic E-state index is 0.0321. The van der Waals surface area contributed by atoms with Gasteiger partial charge in [0.05, 0.1) is 19.3 Å². The maximum absolute atomic E-state index is 13.0. The minimum Gasteiger partial charge on any atom is -0.507 e. The molecular weight excluding hydrogens is 406 g/mol. The standard InChI is InChI=1S/C22H22ClN3O4/c1-3-30-14-6-4-13(5-7-14)21-18-19(15-11-16(23)12(2)10-17(15)28)24-25-20(18)22(29)26(21)8-9-27/h4-7,10-11,21,27-28H,3,8-9H2,1-2H3,(H,24,25). The lowest BCUT2D eigenvalue weighted by molar-refractivity contribution is 0.0706. The molecule has 1 aliphatic rings. The van der Waals surface area contributed by atoms with E-state index in [9.17, 15) is 15.0 Å². The van der Waals surface area contributed by atoms with Gasteiger partial charge in [-0.2, -0.15) is 5.10 Å². The van der Waals surface area contributed by atoms with Crippen molar-refractivity contribution < 1.29 is 19.7 Å². The summed E-state index contributed by atoms with van der Waals surface area (Å²) in [6, 6.07) is 10.2. The van der Waals surface area contributed by atoms with Crippen LogP contribution in [0.5, 0.6) is 11.5 Å². The lowest BCUT2D eigenvalue weighted by atomic mass is 9.95. The Morgan fingerprint density at radius 2 is 2.00 bits per heavy atom. The number of aliphatic hydroxyl groups is 1. The van der Waals surface area contributed by atoms with Crippen LogP contribution < -0.4 is 4.74 Å². The molecule has 1 amide bonds. The molecule has 3 aromatic rings. The molecule has 8 heteroatoms. The number of rotatable bonds is 6. The second kappa shape index (κ2) is 8.01. The predicted molar refractivity (Wildman–Crippen MR) is 113 cm³/mol. The summed E-state index contributed by atoms with van der Waals surface area (Å²) in [5.41, 5.74) is 3.47. The number of ether oxygens (including phenoxy) is 1. The van der Waals surface area contributed by atoms with E-state index in [0.717, 1.165) is 16.9 Å². The number of benzene rings is 2. The Morgan fingerprint density at radius 1 is 1.27 bits per heavy atom. The molecule has 0 saturated carbocycles. The van der Waals surface area contributed by atoms with Gasteiger partial charge in [-0.1, -0.05) is 23.7 Å². The third kappa shape index (κ3) is 3.30. The van der Waals surface area contributed by atoms with Gasteiger partial charge in [0, 0.05) is 22.7 Å². The van der Waals surface area contributed by atoms with Crippen molar-refractivity contribution in [1.29, 1.82) is 0 Å². The Kier molecular flexibility index (Phi) is 5.40. The number of hydrogen-bond donors (Lipinski definition) is 3. The number of aromatic amines is 1. The molecule has 2 heterocycles. The number of H-pyrrole nitrogens is 1. The molecule has 2 aromatic carbocycles. The van der Waals surface area contributed by atoms with Gasteiger partial charge in [-0.15, -0.1) is 0 Å². The minimum atomic E-state index is -0.469. The zero-order chi connectivity index (χ0) is 21.4. The number of halogens is 1. The van der Waals surface area contributed by atoms with Gasteiger partial charge >= 0.3 is 0 Å². The van der Waals surface area contributed by atoms with Crippen LogP contribution in [0.1, 0.15) is 40.1 Å². The van der Waals surface area contributed by atoms with Crippen LogP contribution in [0, 0.1) is 6.92 Å². The summed E-state index contributed by atoms with van der Waals surface area (Å²) < 4.78 is 5.52. The molecule has 0 bridgehead atoms. The SMILES string of the molecule is CCOc1ccc(C2c3c(-c4cc(Cl)c(C)cc4O)n[nH]c3C(=O)N2CCO)cc1. The Labute approximate surface area is 178 Å². The van der Waals surface area contributed by atoms with Crippen LogP contribution in [-0.2, 0) is 0 Å². The number of aryl methyl sites for hydroxylation is 1. The first-order valence-electron chi connectivity index (χ1n) is 9.68. The highest BCUT2D eigenvalue weighted by Crippen LogP contribution is 2.45. The Bertz CT molecular complexity index is 1090. The highest BCUT2D eigenvalue weighted by Gasteiger charge is 2.42. The zero-order valence-corrected chi connectivity index (χ0v) is 17.4. The average Bonchev–Trinajstić information content (AvgIpc) is 3.26. The van der Waals surface area contributed by atoms with Crippen molar-refractivity contribution in [3.8, 4) is 22.8 Å². The van der Waals surface area contributed by atoms with Crippen molar-refractivity contribution in [2.45, 2.75) is 19.9 Å². The number of fused-ring (bicyclic) bond motifs is 1.